The highest BCUT2D eigenvalue weighted by molar-refractivity contribution is 5.72. The Morgan fingerprint density at radius 3 is 2.42 bits per heavy atom. The minimum atomic E-state index is -0.427. The van der Waals surface area contributed by atoms with Crippen molar-refractivity contribution in [2.75, 3.05) is 13.2 Å². The summed E-state index contributed by atoms with van der Waals surface area (Å²) in [5.74, 6) is 2.48. The van der Waals surface area contributed by atoms with Crippen molar-refractivity contribution in [3.63, 3.8) is 0 Å². The molecule has 38 heavy (non-hydrogen) atoms. The molecule has 1 amide bonds. The van der Waals surface area contributed by atoms with Crippen molar-refractivity contribution in [1.29, 1.82) is 0 Å². The SMILES string of the molecule is Cc1oc(-c2ccccc2)nc1CCOc1ccc(C[C@H]2C[C@@H](C=O)CN2C(=O)Oc2ccccc2)cc1. The maximum Gasteiger partial charge on any atom is 0.415 e. The molecule has 1 aromatic heterocycles. The van der Waals surface area contributed by atoms with E-state index in [-0.39, 0.29) is 12.0 Å². The van der Waals surface area contributed by atoms with Crippen LogP contribution in [0, 0.1) is 12.8 Å². The van der Waals surface area contributed by atoms with Crippen molar-refractivity contribution >= 4 is 12.4 Å². The van der Waals surface area contributed by atoms with Crippen LogP contribution < -0.4 is 9.47 Å². The smallest absolute Gasteiger partial charge is 0.415 e. The van der Waals surface area contributed by atoms with Gasteiger partial charge in [-0.25, -0.2) is 9.78 Å². The number of aldehydes is 1. The van der Waals surface area contributed by atoms with Crippen molar-refractivity contribution in [2.45, 2.75) is 32.2 Å². The first-order chi connectivity index (χ1) is 18.6. The van der Waals surface area contributed by atoms with E-state index < -0.39 is 6.09 Å². The van der Waals surface area contributed by atoms with E-state index in [0.717, 1.165) is 34.6 Å². The number of para-hydroxylation sites is 1. The van der Waals surface area contributed by atoms with E-state index in [1.165, 1.54) is 0 Å². The Hall–Kier alpha value is -4.39. The number of oxazole rings is 1. The van der Waals surface area contributed by atoms with Gasteiger partial charge in [0.15, 0.2) is 0 Å². The fourth-order valence-electron chi connectivity index (χ4n) is 4.74. The molecule has 7 nitrogen and oxygen atoms in total. The zero-order valence-corrected chi connectivity index (χ0v) is 21.3. The molecular formula is C31H30N2O5. The molecule has 0 saturated carbocycles. The zero-order valence-electron chi connectivity index (χ0n) is 21.3. The van der Waals surface area contributed by atoms with Gasteiger partial charge in [-0.3, -0.25) is 0 Å². The molecule has 0 bridgehead atoms. The van der Waals surface area contributed by atoms with Crippen molar-refractivity contribution in [1.82, 2.24) is 9.88 Å². The van der Waals surface area contributed by atoms with Gasteiger partial charge in [-0.1, -0.05) is 48.5 Å². The second-order valence-corrected chi connectivity index (χ2v) is 9.45. The van der Waals surface area contributed by atoms with Gasteiger partial charge in [0.2, 0.25) is 5.89 Å². The van der Waals surface area contributed by atoms with Crippen LogP contribution >= 0.6 is 0 Å². The van der Waals surface area contributed by atoms with Gasteiger partial charge < -0.3 is 23.6 Å². The number of hydrogen-bond acceptors (Lipinski definition) is 6. The number of likely N-dealkylation sites (tertiary alicyclic amines) is 1. The quantitative estimate of drug-likeness (QED) is 0.261. The second-order valence-electron chi connectivity index (χ2n) is 9.45. The lowest BCUT2D eigenvalue weighted by Gasteiger charge is -2.24. The summed E-state index contributed by atoms with van der Waals surface area (Å²) in [6.45, 7) is 2.76. The first-order valence-electron chi connectivity index (χ1n) is 12.8. The molecule has 0 unspecified atom stereocenters. The third-order valence-electron chi connectivity index (χ3n) is 6.74. The van der Waals surface area contributed by atoms with E-state index in [4.69, 9.17) is 13.9 Å². The molecule has 5 rings (SSSR count). The first kappa shape index (κ1) is 25.3. The summed E-state index contributed by atoms with van der Waals surface area (Å²) in [4.78, 5) is 30.6. The summed E-state index contributed by atoms with van der Waals surface area (Å²) in [6, 6.07) is 26.6. The summed E-state index contributed by atoms with van der Waals surface area (Å²) in [7, 11) is 0. The predicted molar refractivity (Wildman–Crippen MR) is 143 cm³/mol. The molecule has 1 aliphatic rings. The largest absolute Gasteiger partial charge is 0.493 e. The van der Waals surface area contributed by atoms with Crippen molar-refractivity contribution in [3.05, 3.63) is 102 Å². The molecular weight excluding hydrogens is 480 g/mol. The summed E-state index contributed by atoms with van der Waals surface area (Å²) in [6.07, 6.45) is 2.39. The van der Waals surface area contributed by atoms with Crippen LogP contribution in [0.25, 0.3) is 11.5 Å². The number of carbonyl (C=O) groups is 2. The standard InChI is InChI=1S/C31H30N2O5/c1-22-29(32-30(37-22)25-8-4-2-5-9-25)16-17-36-27-14-12-23(13-15-27)18-26-19-24(21-34)20-33(26)31(35)38-28-10-6-3-7-11-28/h2-15,21,24,26H,16-20H2,1H3/t24-,26+/m1/s1. The lowest BCUT2D eigenvalue weighted by Crippen LogP contribution is -2.39. The molecule has 0 N–H and O–H groups in total. The minimum absolute atomic E-state index is 0.109. The molecule has 7 heteroatoms. The van der Waals surface area contributed by atoms with Crippen LogP contribution in [0.15, 0.2) is 89.3 Å². The highest BCUT2D eigenvalue weighted by atomic mass is 16.6. The Morgan fingerprint density at radius 2 is 1.71 bits per heavy atom. The zero-order chi connectivity index (χ0) is 26.3. The molecule has 0 spiro atoms. The summed E-state index contributed by atoms with van der Waals surface area (Å²) < 4.78 is 17.3. The number of benzene rings is 3. The number of nitrogens with zero attached hydrogens (tertiary/aromatic N) is 2. The van der Waals surface area contributed by atoms with Gasteiger partial charge in [-0.05, 0) is 61.7 Å². The van der Waals surface area contributed by atoms with Gasteiger partial charge in [0.25, 0.3) is 0 Å². The molecule has 1 saturated heterocycles. The Balaban J connectivity index is 1.15. The van der Waals surface area contributed by atoms with E-state index in [2.05, 4.69) is 4.98 Å². The third-order valence-corrected chi connectivity index (χ3v) is 6.74. The normalized spacial score (nSPS) is 16.8. The van der Waals surface area contributed by atoms with E-state index in [0.29, 0.717) is 44.1 Å². The highest BCUT2D eigenvalue weighted by Crippen LogP contribution is 2.27. The number of hydrogen-bond donors (Lipinski definition) is 0. The molecule has 3 aromatic carbocycles. The average molecular weight is 511 g/mol. The fraction of sp³-hybridized carbons (Fsp3) is 0.258. The number of carbonyl (C=O) groups excluding carboxylic acids is 2. The Kier molecular flexibility index (Phi) is 7.83. The molecule has 1 aliphatic heterocycles. The number of amides is 1. The fourth-order valence-corrected chi connectivity index (χ4v) is 4.74. The second kappa shape index (κ2) is 11.8. The predicted octanol–water partition coefficient (Wildman–Crippen LogP) is 5.90. The van der Waals surface area contributed by atoms with Crippen LogP contribution in [0.5, 0.6) is 11.5 Å². The lowest BCUT2D eigenvalue weighted by atomic mass is 10.0. The van der Waals surface area contributed by atoms with Gasteiger partial charge in [0.05, 0.1) is 12.3 Å². The van der Waals surface area contributed by atoms with Crippen LogP contribution in [-0.4, -0.2) is 41.5 Å². The van der Waals surface area contributed by atoms with Crippen molar-refractivity contribution < 1.29 is 23.5 Å². The van der Waals surface area contributed by atoms with Crippen molar-refractivity contribution in [3.8, 4) is 23.0 Å². The highest BCUT2D eigenvalue weighted by Gasteiger charge is 2.36. The number of ether oxygens (including phenoxy) is 2. The number of aryl methyl sites for hydroxylation is 1. The topological polar surface area (TPSA) is 81.9 Å². The van der Waals surface area contributed by atoms with E-state index in [1.807, 2.05) is 79.7 Å². The maximum absolute atomic E-state index is 12.8. The van der Waals surface area contributed by atoms with Gasteiger partial charge in [-0.15, -0.1) is 0 Å². The van der Waals surface area contributed by atoms with Crippen LogP contribution in [0.3, 0.4) is 0 Å². The molecule has 4 aromatic rings. The van der Waals surface area contributed by atoms with E-state index in [9.17, 15) is 9.59 Å². The van der Waals surface area contributed by atoms with Crippen LogP contribution in [0.4, 0.5) is 4.79 Å². The molecule has 0 aliphatic carbocycles. The third kappa shape index (κ3) is 6.11. The molecule has 0 radical (unpaired) electrons. The molecule has 2 atom stereocenters. The molecule has 194 valence electrons. The summed E-state index contributed by atoms with van der Waals surface area (Å²) in [5.41, 5.74) is 2.90. The summed E-state index contributed by atoms with van der Waals surface area (Å²) >= 11 is 0. The van der Waals surface area contributed by atoms with Crippen LogP contribution in [0.2, 0.25) is 0 Å². The van der Waals surface area contributed by atoms with Gasteiger partial charge in [0, 0.05) is 30.5 Å². The van der Waals surface area contributed by atoms with Gasteiger partial charge in [0.1, 0.15) is 23.5 Å². The molecule has 1 fully saturated rings. The van der Waals surface area contributed by atoms with Gasteiger partial charge >= 0.3 is 6.09 Å². The lowest BCUT2D eigenvalue weighted by molar-refractivity contribution is -0.110. The number of aromatic nitrogens is 1. The van der Waals surface area contributed by atoms with E-state index >= 15 is 0 Å². The minimum Gasteiger partial charge on any atom is -0.493 e. The van der Waals surface area contributed by atoms with Gasteiger partial charge in [-0.2, -0.15) is 0 Å². The monoisotopic (exact) mass is 510 g/mol. The Labute approximate surface area is 222 Å². The summed E-state index contributed by atoms with van der Waals surface area (Å²) in [5, 5.41) is 0. The van der Waals surface area contributed by atoms with Crippen LogP contribution in [0.1, 0.15) is 23.4 Å². The maximum atomic E-state index is 12.8. The average Bonchev–Trinajstić information content (AvgIpc) is 3.54. The first-order valence-corrected chi connectivity index (χ1v) is 12.8. The van der Waals surface area contributed by atoms with Crippen molar-refractivity contribution in [2.24, 2.45) is 5.92 Å². The number of rotatable bonds is 9. The Morgan fingerprint density at radius 1 is 1.00 bits per heavy atom. The van der Waals surface area contributed by atoms with E-state index in [1.54, 1.807) is 17.0 Å². The molecule has 2 heterocycles. The Bertz CT molecular complexity index is 1350. The van der Waals surface area contributed by atoms with Crippen LogP contribution in [-0.2, 0) is 17.6 Å².